The number of benzene rings is 1. The van der Waals surface area contributed by atoms with Gasteiger partial charge in [-0.2, -0.15) is 0 Å². The molecule has 3 rings (SSSR count). The fourth-order valence-electron chi connectivity index (χ4n) is 2.92. The number of nitrogens with zero attached hydrogens (tertiary/aromatic N) is 1. The number of hydrogen-bond acceptors (Lipinski definition) is 4. The Hall–Kier alpha value is -2.19. The molecule has 25 heavy (non-hydrogen) atoms. The van der Waals surface area contributed by atoms with Crippen molar-refractivity contribution in [3.8, 4) is 0 Å². The maximum Gasteiger partial charge on any atom is 0.325 e. The van der Waals surface area contributed by atoms with Crippen molar-refractivity contribution in [3.63, 3.8) is 0 Å². The van der Waals surface area contributed by atoms with E-state index in [1.807, 2.05) is 0 Å². The lowest BCUT2D eigenvalue weighted by Crippen LogP contribution is -2.41. The molecule has 3 N–H and O–H groups in total. The van der Waals surface area contributed by atoms with Gasteiger partial charge in [-0.05, 0) is 44.0 Å². The standard InChI is InChI=1S/C16H19FN4O3.ClH/c1-16(2)14(23)21(15(24)20-16)8-12(22)19-11-4-3-9-7-18-6-5-10(9)13(11)17;/h3-4,18H,5-8H2,1-2H3,(H,19,22)(H,20,24);1H. The van der Waals surface area contributed by atoms with Gasteiger partial charge >= 0.3 is 6.03 Å². The fourth-order valence-corrected chi connectivity index (χ4v) is 2.92. The molecule has 2 aliphatic heterocycles. The van der Waals surface area contributed by atoms with Gasteiger partial charge in [0.25, 0.3) is 5.91 Å². The summed E-state index contributed by atoms with van der Waals surface area (Å²) < 4.78 is 14.5. The lowest BCUT2D eigenvalue weighted by atomic mass is 9.99. The number of anilines is 1. The average Bonchev–Trinajstić information content (AvgIpc) is 2.72. The Balaban J connectivity index is 0.00000225. The zero-order valence-electron chi connectivity index (χ0n) is 13.9. The Labute approximate surface area is 150 Å². The predicted molar refractivity (Wildman–Crippen MR) is 92.0 cm³/mol. The summed E-state index contributed by atoms with van der Waals surface area (Å²) in [6, 6.07) is 2.63. The first-order chi connectivity index (χ1) is 11.3. The Bertz CT molecular complexity index is 738. The van der Waals surface area contributed by atoms with Crippen LogP contribution in [0.3, 0.4) is 0 Å². The summed E-state index contributed by atoms with van der Waals surface area (Å²) >= 11 is 0. The monoisotopic (exact) mass is 370 g/mol. The van der Waals surface area contributed by atoms with E-state index in [1.165, 1.54) is 6.07 Å². The summed E-state index contributed by atoms with van der Waals surface area (Å²) in [6.45, 7) is 3.94. The van der Waals surface area contributed by atoms with Crippen LogP contribution >= 0.6 is 12.4 Å². The third-order valence-corrected chi connectivity index (χ3v) is 4.23. The molecule has 0 unspecified atom stereocenters. The van der Waals surface area contributed by atoms with Gasteiger partial charge in [0.15, 0.2) is 0 Å². The summed E-state index contributed by atoms with van der Waals surface area (Å²) in [5, 5.41) is 8.09. The van der Waals surface area contributed by atoms with Gasteiger partial charge in [-0.3, -0.25) is 14.5 Å². The van der Waals surface area contributed by atoms with E-state index >= 15 is 0 Å². The molecule has 0 radical (unpaired) electrons. The van der Waals surface area contributed by atoms with Gasteiger partial charge in [-0.25, -0.2) is 9.18 Å². The highest BCUT2D eigenvalue weighted by atomic mass is 35.5. The number of hydrogen-bond donors (Lipinski definition) is 3. The van der Waals surface area contributed by atoms with Crippen molar-refractivity contribution in [1.29, 1.82) is 0 Å². The van der Waals surface area contributed by atoms with E-state index in [2.05, 4.69) is 16.0 Å². The molecule has 1 fully saturated rings. The number of carbonyl (C=O) groups is 3. The summed E-state index contributed by atoms with van der Waals surface area (Å²) in [5.41, 5.74) is 0.476. The van der Waals surface area contributed by atoms with Crippen molar-refractivity contribution in [2.75, 3.05) is 18.4 Å². The smallest absolute Gasteiger partial charge is 0.324 e. The molecule has 1 aromatic rings. The number of fused-ring (bicyclic) bond motifs is 1. The number of nitrogens with one attached hydrogen (secondary N) is 3. The van der Waals surface area contributed by atoms with E-state index in [4.69, 9.17) is 0 Å². The molecule has 1 saturated heterocycles. The van der Waals surface area contributed by atoms with Crippen molar-refractivity contribution in [2.24, 2.45) is 0 Å². The maximum absolute atomic E-state index is 14.5. The minimum absolute atomic E-state index is 0. The minimum Gasteiger partial charge on any atom is -0.324 e. The first-order valence-electron chi connectivity index (χ1n) is 7.74. The zero-order valence-corrected chi connectivity index (χ0v) is 14.8. The van der Waals surface area contributed by atoms with E-state index in [1.54, 1.807) is 19.9 Å². The summed E-state index contributed by atoms with van der Waals surface area (Å²) in [4.78, 5) is 36.8. The predicted octanol–water partition coefficient (Wildman–Crippen LogP) is 1.16. The van der Waals surface area contributed by atoms with Crippen molar-refractivity contribution in [3.05, 3.63) is 29.1 Å². The van der Waals surface area contributed by atoms with Gasteiger partial charge in [0.1, 0.15) is 17.9 Å². The van der Waals surface area contributed by atoms with Gasteiger partial charge in [0.05, 0.1) is 5.69 Å². The van der Waals surface area contributed by atoms with Crippen LogP contribution in [0.4, 0.5) is 14.9 Å². The lowest BCUT2D eigenvalue weighted by Gasteiger charge is -2.20. The molecule has 0 atom stereocenters. The van der Waals surface area contributed by atoms with E-state index in [0.717, 1.165) is 10.5 Å². The number of rotatable bonds is 3. The molecule has 136 valence electrons. The highest BCUT2D eigenvalue weighted by Gasteiger charge is 2.44. The Kier molecular flexibility index (Phi) is 5.34. The minimum atomic E-state index is -1.04. The molecular formula is C16H20ClFN4O3. The van der Waals surface area contributed by atoms with Gasteiger partial charge in [-0.15, -0.1) is 12.4 Å². The second-order valence-electron chi connectivity index (χ2n) is 6.49. The van der Waals surface area contributed by atoms with Crippen LogP contribution < -0.4 is 16.0 Å². The summed E-state index contributed by atoms with van der Waals surface area (Å²) in [6.07, 6.45) is 0.548. The molecule has 7 nitrogen and oxygen atoms in total. The SMILES string of the molecule is CC1(C)NC(=O)N(CC(=O)Nc2ccc3c(c2F)CCNC3)C1=O.Cl. The van der Waals surface area contributed by atoms with Gasteiger partial charge in [0.2, 0.25) is 5.91 Å². The number of imide groups is 1. The summed E-state index contributed by atoms with van der Waals surface area (Å²) in [5.74, 6) is -1.57. The number of amides is 4. The molecule has 0 aromatic heterocycles. The van der Waals surface area contributed by atoms with E-state index in [-0.39, 0.29) is 18.1 Å². The molecule has 9 heteroatoms. The first-order valence-corrected chi connectivity index (χ1v) is 7.74. The van der Waals surface area contributed by atoms with E-state index in [9.17, 15) is 18.8 Å². The van der Waals surface area contributed by atoms with Crippen LogP contribution in [0.25, 0.3) is 0 Å². The average molecular weight is 371 g/mol. The maximum atomic E-state index is 14.5. The molecular weight excluding hydrogens is 351 g/mol. The second-order valence-corrected chi connectivity index (χ2v) is 6.49. The zero-order chi connectivity index (χ0) is 17.5. The highest BCUT2D eigenvalue weighted by Crippen LogP contribution is 2.24. The Morgan fingerprint density at radius 1 is 1.36 bits per heavy atom. The largest absolute Gasteiger partial charge is 0.325 e. The number of carbonyl (C=O) groups excluding carboxylic acids is 3. The van der Waals surface area contributed by atoms with Crippen LogP contribution in [0.2, 0.25) is 0 Å². The topological polar surface area (TPSA) is 90.5 Å². The third kappa shape index (κ3) is 3.59. The molecule has 2 aliphatic rings. The third-order valence-electron chi connectivity index (χ3n) is 4.23. The van der Waals surface area contributed by atoms with Crippen LogP contribution in [0.5, 0.6) is 0 Å². The van der Waals surface area contributed by atoms with Crippen molar-refractivity contribution in [1.82, 2.24) is 15.5 Å². The molecule has 2 heterocycles. The second kappa shape index (κ2) is 6.97. The molecule has 0 spiro atoms. The Morgan fingerprint density at radius 2 is 2.08 bits per heavy atom. The quantitative estimate of drug-likeness (QED) is 0.696. The number of halogens is 2. The molecule has 0 saturated carbocycles. The lowest BCUT2D eigenvalue weighted by molar-refractivity contribution is -0.132. The first kappa shape index (κ1) is 19.1. The van der Waals surface area contributed by atoms with Crippen molar-refractivity contribution in [2.45, 2.75) is 32.4 Å². The molecule has 0 aliphatic carbocycles. The van der Waals surface area contributed by atoms with E-state index < -0.39 is 35.7 Å². The fraction of sp³-hybridized carbons (Fsp3) is 0.438. The Morgan fingerprint density at radius 3 is 2.72 bits per heavy atom. The van der Waals surface area contributed by atoms with Crippen LogP contribution in [-0.4, -0.2) is 41.4 Å². The van der Waals surface area contributed by atoms with Crippen LogP contribution in [-0.2, 0) is 22.6 Å². The molecule has 1 aromatic carbocycles. The highest BCUT2D eigenvalue weighted by molar-refractivity contribution is 6.09. The van der Waals surface area contributed by atoms with Crippen LogP contribution in [0.15, 0.2) is 12.1 Å². The van der Waals surface area contributed by atoms with Crippen molar-refractivity contribution >= 4 is 35.9 Å². The number of urea groups is 1. The molecule has 4 amide bonds. The van der Waals surface area contributed by atoms with Crippen LogP contribution in [0, 0.1) is 5.82 Å². The van der Waals surface area contributed by atoms with Gasteiger partial charge in [-0.1, -0.05) is 6.07 Å². The summed E-state index contributed by atoms with van der Waals surface area (Å²) in [7, 11) is 0. The molecule has 0 bridgehead atoms. The van der Waals surface area contributed by atoms with Gasteiger partial charge in [0, 0.05) is 6.54 Å². The van der Waals surface area contributed by atoms with E-state index in [0.29, 0.717) is 25.1 Å². The van der Waals surface area contributed by atoms with Crippen LogP contribution in [0.1, 0.15) is 25.0 Å². The normalized spacial score (nSPS) is 18.3. The van der Waals surface area contributed by atoms with Crippen molar-refractivity contribution < 1.29 is 18.8 Å². The van der Waals surface area contributed by atoms with Gasteiger partial charge < -0.3 is 16.0 Å².